The molecule has 2 rings (SSSR count). The van der Waals surface area contributed by atoms with Gasteiger partial charge < -0.3 is 4.90 Å². The monoisotopic (exact) mass is 289 g/mol. The first-order chi connectivity index (χ1) is 9.63. The molecule has 0 unspecified atom stereocenters. The average Bonchev–Trinajstić information content (AvgIpc) is 2.87. The maximum atomic E-state index is 12.1. The third kappa shape index (κ3) is 3.08. The highest BCUT2D eigenvalue weighted by atomic mass is 32.2. The first-order valence-electron chi connectivity index (χ1n) is 6.22. The summed E-state index contributed by atoms with van der Waals surface area (Å²) in [7, 11) is 1.71. The van der Waals surface area contributed by atoms with Crippen molar-refractivity contribution in [1.29, 1.82) is 5.26 Å². The number of hydrogen-bond donors (Lipinski definition) is 0. The van der Waals surface area contributed by atoms with Gasteiger partial charge in [-0.3, -0.25) is 9.20 Å². The molecule has 7 heteroatoms. The minimum atomic E-state index is -0.272. The Bertz CT molecular complexity index is 647. The molecule has 1 amide bonds. The Morgan fingerprint density at radius 1 is 1.55 bits per heavy atom. The van der Waals surface area contributed by atoms with Gasteiger partial charge in [0.15, 0.2) is 10.8 Å². The van der Waals surface area contributed by atoms with Crippen molar-refractivity contribution in [2.24, 2.45) is 0 Å². The Kier molecular flexibility index (Phi) is 4.58. The summed E-state index contributed by atoms with van der Waals surface area (Å²) in [6.45, 7) is 2.28. The molecule has 0 saturated carbocycles. The molecule has 6 nitrogen and oxygen atoms in total. The van der Waals surface area contributed by atoms with E-state index in [4.69, 9.17) is 5.26 Å². The van der Waals surface area contributed by atoms with Gasteiger partial charge >= 0.3 is 0 Å². The topological polar surface area (TPSA) is 74.3 Å². The van der Waals surface area contributed by atoms with Crippen molar-refractivity contribution in [3.8, 4) is 6.07 Å². The van der Waals surface area contributed by atoms with Gasteiger partial charge in [-0.2, -0.15) is 5.26 Å². The summed E-state index contributed by atoms with van der Waals surface area (Å²) in [4.78, 5) is 13.7. The minimum absolute atomic E-state index is 0.0158. The molecule has 0 fully saturated rings. The highest BCUT2D eigenvalue weighted by Gasteiger charge is 2.20. The van der Waals surface area contributed by atoms with Crippen LogP contribution in [0.4, 0.5) is 0 Å². The number of nitrogens with zero attached hydrogens (tertiary/aromatic N) is 5. The summed E-state index contributed by atoms with van der Waals surface area (Å²) >= 11 is 1.36. The van der Waals surface area contributed by atoms with Crippen molar-refractivity contribution < 1.29 is 4.79 Å². The van der Waals surface area contributed by atoms with Crippen molar-refractivity contribution in [2.45, 2.75) is 23.8 Å². The quantitative estimate of drug-likeness (QED) is 0.781. The third-order valence-corrected chi connectivity index (χ3v) is 3.89. The molecule has 0 aliphatic carbocycles. The van der Waals surface area contributed by atoms with Gasteiger partial charge in [-0.25, -0.2) is 0 Å². The maximum absolute atomic E-state index is 12.1. The number of hydrogen-bond acceptors (Lipinski definition) is 5. The standard InChI is InChI=1S/C13H15N5OS/c1-10(12(19)17(2)8-5-7-14)20-13-16-15-11-6-3-4-9-18(11)13/h3-4,6,9-10H,5,8H2,1-2H3/t10-/m1/s1. The van der Waals surface area contributed by atoms with Crippen LogP contribution in [-0.4, -0.2) is 44.2 Å². The molecule has 20 heavy (non-hydrogen) atoms. The van der Waals surface area contributed by atoms with Crippen LogP contribution >= 0.6 is 11.8 Å². The predicted molar refractivity (Wildman–Crippen MR) is 76.2 cm³/mol. The van der Waals surface area contributed by atoms with E-state index in [1.54, 1.807) is 11.9 Å². The van der Waals surface area contributed by atoms with Crippen LogP contribution in [0.5, 0.6) is 0 Å². The lowest BCUT2D eigenvalue weighted by Crippen LogP contribution is -2.33. The van der Waals surface area contributed by atoms with Gasteiger partial charge in [-0.05, 0) is 19.1 Å². The van der Waals surface area contributed by atoms with Gasteiger partial charge in [0, 0.05) is 19.8 Å². The lowest BCUT2D eigenvalue weighted by molar-refractivity contribution is -0.128. The van der Waals surface area contributed by atoms with Crippen LogP contribution in [0.2, 0.25) is 0 Å². The number of carbonyl (C=O) groups is 1. The zero-order valence-electron chi connectivity index (χ0n) is 11.4. The predicted octanol–water partition coefficient (Wildman–Crippen LogP) is 1.58. The fraction of sp³-hybridized carbons (Fsp3) is 0.385. The fourth-order valence-electron chi connectivity index (χ4n) is 1.75. The van der Waals surface area contributed by atoms with E-state index in [2.05, 4.69) is 10.2 Å². The summed E-state index contributed by atoms with van der Waals surface area (Å²) in [6.07, 6.45) is 2.21. The molecule has 0 bridgehead atoms. The molecular weight excluding hydrogens is 274 g/mol. The number of nitriles is 1. The number of rotatable bonds is 5. The van der Waals surface area contributed by atoms with Crippen molar-refractivity contribution in [2.75, 3.05) is 13.6 Å². The largest absolute Gasteiger partial charge is 0.344 e. The van der Waals surface area contributed by atoms with Crippen LogP contribution in [0.3, 0.4) is 0 Å². The second-order valence-corrected chi connectivity index (χ2v) is 5.65. The summed E-state index contributed by atoms with van der Waals surface area (Å²) in [5.74, 6) is -0.0158. The Morgan fingerprint density at radius 3 is 3.10 bits per heavy atom. The Labute approximate surface area is 121 Å². The van der Waals surface area contributed by atoms with Crippen LogP contribution in [0, 0.1) is 11.3 Å². The third-order valence-electron chi connectivity index (χ3n) is 2.85. The minimum Gasteiger partial charge on any atom is -0.344 e. The summed E-state index contributed by atoms with van der Waals surface area (Å²) in [5.41, 5.74) is 0.757. The molecule has 104 valence electrons. The summed E-state index contributed by atoms with van der Waals surface area (Å²) in [5, 5.41) is 17.1. The van der Waals surface area contributed by atoms with E-state index in [1.165, 1.54) is 11.8 Å². The van der Waals surface area contributed by atoms with Gasteiger partial charge in [0.05, 0.1) is 17.7 Å². The van der Waals surface area contributed by atoms with Crippen LogP contribution in [-0.2, 0) is 4.79 Å². The van der Waals surface area contributed by atoms with Gasteiger partial charge in [0.1, 0.15) is 0 Å². The van der Waals surface area contributed by atoms with E-state index in [0.717, 1.165) is 5.65 Å². The zero-order chi connectivity index (χ0) is 14.5. The average molecular weight is 289 g/mol. The van der Waals surface area contributed by atoms with Crippen molar-refractivity contribution in [3.63, 3.8) is 0 Å². The first kappa shape index (κ1) is 14.3. The SMILES string of the molecule is C[C@@H](Sc1nnc2ccccn12)C(=O)N(C)CCC#N. The van der Waals surface area contributed by atoms with Crippen LogP contribution < -0.4 is 0 Å². The van der Waals surface area contributed by atoms with E-state index >= 15 is 0 Å². The van der Waals surface area contributed by atoms with Gasteiger partial charge in [-0.15, -0.1) is 10.2 Å². The molecular formula is C13H15N5OS. The molecule has 0 aliphatic heterocycles. The second kappa shape index (κ2) is 6.39. The fourth-order valence-corrected chi connectivity index (χ4v) is 2.70. The van der Waals surface area contributed by atoms with E-state index in [1.807, 2.05) is 41.8 Å². The molecule has 0 spiro atoms. The zero-order valence-corrected chi connectivity index (χ0v) is 12.2. The molecule has 0 radical (unpaired) electrons. The Morgan fingerprint density at radius 2 is 2.35 bits per heavy atom. The van der Waals surface area contributed by atoms with Crippen LogP contribution in [0.25, 0.3) is 5.65 Å². The van der Waals surface area contributed by atoms with Crippen molar-refractivity contribution >= 4 is 23.3 Å². The number of thioether (sulfide) groups is 1. The molecule has 1 atom stereocenters. The highest BCUT2D eigenvalue weighted by Crippen LogP contribution is 2.23. The normalized spacial score (nSPS) is 12.1. The summed E-state index contributed by atoms with van der Waals surface area (Å²) < 4.78 is 1.85. The lowest BCUT2D eigenvalue weighted by Gasteiger charge is -2.19. The maximum Gasteiger partial charge on any atom is 0.235 e. The number of carbonyl (C=O) groups excluding carboxylic acids is 1. The van der Waals surface area contributed by atoms with Crippen LogP contribution in [0.1, 0.15) is 13.3 Å². The molecule has 0 aliphatic rings. The van der Waals surface area contributed by atoms with E-state index in [0.29, 0.717) is 18.1 Å². The van der Waals surface area contributed by atoms with Crippen molar-refractivity contribution in [3.05, 3.63) is 24.4 Å². The molecule has 2 heterocycles. The molecule has 2 aromatic heterocycles. The molecule has 0 N–H and O–H groups in total. The lowest BCUT2D eigenvalue weighted by atomic mass is 10.3. The van der Waals surface area contributed by atoms with Crippen molar-refractivity contribution in [1.82, 2.24) is 19.5 Å². The van der Waals surface area contributed by atoms with Gasteiger partial charge in [-0.1, -0.05) is 17.8 Å². The molecule has 0 saturated heterocycles. The second-order valence-electron chi connectivity index (χ2n) is 4.34. The van der Waals surface area contributed by atoms with Gasteiger partial charge in [0.2, 0.25) is 5.91 Å². The van der Waals surface area contributed by atoms with Crippen LogP contribution in [0.15, 0.2) is 29.6 Å². The smallest absolute Gasteiger partial charge is 0.235 e. The van der Waals surface area contributed by atoms with E-state index in [9.17, 15) is 4.79 Å². The number of amides is 1. The van der Waals surface area contributed by atoms with Gasteiger partial charge in [0.25, 0.3) is 0 Å². The molecule has 0 aromatic carbocycles. The Hall–Kier alpha value is -2.07. The number of aromatic nitrogens is 3. The number of pyridine rings is 1. The van der Waals surface area contributed by atoms with E-state index < -0.39 is 0 Å². The summed E-state index contributed by atoms with van der Waals surface area (Å²) in [6, 6.07) is 7.69. The van der Waals surface area contributed by atoms with E-state index in [-0.39, 0.29) is 11.2 Å². The molecule has 2 aromatic rings. The Balaban J connectivity index is 2.06. The first-order valence-corrected chi connectivity index (χ1v) is 7.10. The highest BCUT2D eigenvalue weighted by molar-refractivity contribution is 8.00. The number of fused-ring (bicyclic) bond motifs is 1.